The summed E-state index contributed by atoms with van der Waals surface area (Å²) >= 11 is 12.1. The Morgan fingerprint density at radius 1 is 1.16 bits per heavy atom. The molecule has 2 aromatic rings. The molecule has 2 heterocycles. The molecule has 3 rings (SSSR count). The molecule has 1 N–H and O–H groups in total. The second kappa shape index (κ2) is 6.74. The van der Waals surface area contributed by atoms with Crippen LogP contribution < -0.4 is 5.32 Å². The minimum atomic E-state index is -0.765. The Balaban J connectivity index is 1.96. The van der Waals surface area contributed by atoms with Gasteiger partial charge < -0.3 is 4.42 Å². The summed E-state index contributed by atoms with van der Waals surface area (Å²) in [7, 11) is 0. The standard InChI is InChI=1S/C17H12Cl2N2O4/c1-2-21-16(23)11(15(22)20-17(21)24)8-9-6-7-13(25-9)10-4-3-5-12(18)14(10)19/h3-8H,2H2,1H3,(H,20,22,24)/b11-8-. The number of benzene rings is 1. The minimum Gasteiger partial charge on any atom is -0.457 e. The van der Waals surface area contributed by atoms with E-state index in [1.54, 1.807) is 37.3 Å². The molecule has 0 bridgehead atoms. The summed E-state index contributed by atoms with van der Waals surface area (Å²) in [4.78, 5) is 36.7. The zero-order valence-corrected chi connectivity index (χ0v) is 14.5. The van der Waals surface area contributed by atoms with Gasteiger partial charge in [-0.3, -0.25) is 19.8 Å². The molecule has 1 aliphatic rings. The van der Waals surface area contributed by atoms with Crippen LogP contribution in [0.1, 0.15) is 12.7 Å². The van der Waals surface area contributed by atoms with Gasteiger partial charge in [-0.05, 0) is 37.3 Å². The lowest BCUT2D eigenvalue weighted by Gasteiger charge is -2.24. The molecular formula is C17H12Cl2N2O4. The number of hydrogen-bond acceptors (Lipinski definition) is 4. The summed E-state index contributed by atoms with van der Waals surface area (Å²) in [5, 5.41) is 2.84. The van der Waals surface area contributed by atoms with Crippen molar-refractivity contribution in [2.45, 2.75) is 6.92 Å². The van der Waals surface area contributed by atoms with Gasteiger partial charge in [0.1, 0.15) is 17.1 Å². The molecule has 1 fully saturated rings. The number of nitrogens with one attached hydrogen (secondary N) is 1. The topological polar surface area (TPSA) is 79.6 Å². The normalized spacial score (nSPS) is 16.5. The lowest BCUT2D eigenvalue weighted by molar-refractivity contribution is -0.129. The molecule has 1 saturated heterocycles. The van der Waals surface area contributed by atoms with Crippen LogP contribution in [0, 0.1) is 0 Å². The van der Waals surface area contributed by atoms with Crippen LogP contribution in [0.25, 0.3) is 17.4 Å². The van der Waals surface area contributed by atoms with Crippen LogP contribution in [-0.4, -0.2) is 29.3 Å². The number of carbonyl (C=O) groups excluding carboxylic acids is 3. The van der Waals surface area contributed by atoms with E-state index < -0.39 is 17.8 Å². The molecular weight excluding hydrogens is 367 g/mol. The molecule has 0 spiro atoms. The third kappa shape index (κ3) is 3.18. The number of nitrogens with zero attached hydrogens (tertiary/aromatic N) is 1. The first-order valence-electron chi connectivity index (χ1n) is 7.35. The maximum absolute atomic E-state index is 12.3. The Kier molecular flexibility index (Phi) is 4.65. The Bertz CT molecular complexity index is 917. The van der Waals surface area contributed by atoms with Crippen LogP contribution in [0.4, 0.5) is 4.79 Å². The van der Waals surface area contributed by atoms with E-state index in [-0.39, 0.29) is 17.9 Å². The molecule has 0 unspecified atom stereocenters. The lowest BCUT2D eigenvalue weighted by Crippen LogP contribution is -2.53. The molecule has 0 saturated carbocycles. The van der Waals surface area contributed by atoms with Crippen LogP contribution in [0.5, 0.6) is 0 Å². The summed E-state index contributed by atoms with van der Waals surface area (Å²) in [6, 6.07) is 7.62. The quantitative estimate of drug-likeness (QED) is 0.651. The average molecular weight is 379 g/mol. The fraction of sp³-hybridized carbons (Fsp3) is 0.118. The van der Waals surface area contributed by atoms with E-state index in [1.807, 2.05) is 0 Å². The number of likely N-dealkylation sites (N-methyl/N-ethyl adjacent to an activating group) is 1. The van der Waals surface area contributed by atoms with E-state index in [1.165, 1.54) is 6.08 Å². The number of furan rings is 1. The maximum Gasteiger partial charge on any atom is 0.331 e. The minimum absolute atomic E-state index is 0.150. The summed E-state index contributed by atoms with van der Waals surface area (Å²) in [6.45, 7) is 1.79. The first-order chi connectivity index (χ1) is 11.9. The third-order valence-corrected chi connectivity index (χ3v) is 4.45. The van der Waals surface area contributed by atoms with E-state index in [0.29, 0.717) is 21.4 Å². The van der Waals surface area contributed by atoms with Gasteiger partial charge in [-0.1, -0.05) is 29.3 Å². The predicted octanol–water partition coefficient (Wildman–Crippen LogP) is 3.74. The second-order valence-electron chi connectivity index (χ2n) is 5.17. The molecule has 0 atom stereocenters. The van der Waals surface area contributed by atoms with Crippen LogP contribution in [0.15, 0.2) is 40.3 Å². The van der Waals surface area contributed by atoms with Crippen LogP contribution in [-0.2, 0) is 9.59 Å². The van der Waals surface area contributed by atoms with Crippen molar-refractivity contribution in [3.8, 4) is 11.3 Å². The van der Waals surface area contributed by atoms with Gasteiger partial charge in [0.05, 0.1) is 10.0 Å². The van der Waals surface area contributed by atoms with Gasteiger partial charge in [0, 0.05) is 12.1 Å². The number of rotatable bonds is 3. The summed E-state index contributed by atoms with van der Waals surface area (Å²) in [5.41, 5.74) is 0.406. The molecule has 8 heteroatoms. The van der Waals surface area contributed by atoms with Crippen molar-refractivity contribution in [1.29, 1.82) is 0 Å². The zero-order chi connectivity index (χ0) is 18.1. The molecule has 0 aliphatic carbocycles. The lowest BCUT2D eigenvalue weighted by atomic mass is 10.1. The highest BCUT2D eigenvalue weighted by Gasteiger charge is 2.34. The molecule has 0 radical (unpaired) electrons. The van der Waals surface area contributed by atoms with E-state index in [0.717, 1.165) is 4.90 Å². The number of halogens is 2. The van der Waals surface area contributed by atoms with Crippen molar-refractivity contribution in [1.82, 2.24) is 10.2 Å². The third-order valence-electron chi connectivity index (χ3n) is 3.63. The molecule has 25 heavy (non-hydrogen) atoms. The number of amides is 4. The van der Waals surface area contributed by atoms with E-state index >= 15 is 0 Å². The fourth-order valence-electron chi connectivity index (χ4n) is 2.39. The first kappa shape index (κ1) is 17.3. The first-order valence-corrected chi connectivity index (χ1v) is 8.11. The number of hydrogen-bond donors (Lipinski definition) is 1. The maximum atomic E-state index is 12.3. The largest absolute Gasteiger partial charge is 0.457 e. The van der Waals surface area contributed by atoms with Gasteiger partial charge in [-0.15, -0.1) is 0 Å². The monoisotopic (exact) mass is 378 g/mol. The van der Waals surface area contributed by atoms with Gasteiger partial charge >= 0.3 is 6.03 Å². The Hall–Kier alpha value is -2.57. The summed E-state index contributed by atoms with van der Waals surface area (Å²) < 4.78 is 5.65. The van der Waals surface area contributed by atoms with Gasteiger partial charge in [0.2, 0.25) is 0 Å². The Labute approximate surface area is 153 Å². The highest BCUT2D eigenvalue weighted by Crippen LogP contribution is 2.34. The van der Waals surface area contributed by atoms with Crippen molar-refractivity contribution in [3.05, 3.63) is 51.7 Å². The van der Waals surface area contributed by atoms with Crippen molar-refractivity contribution in [3.63, 3.8) is 0 Å². The molecule has 1 aromatic heterocycles. The highest BCUT2D eigenvalue weighted by atomic mass is 35.5. The molecule has 6 nitrogen and oxygen atoms in total. The number of urea groups is 1. The van der Waals surface area contributed by atoms with E-state index in [2.05, 4.69) is 5.32 Å². The summed E-state index contributed by atoms with van der Waals surface area (Å²) in [5.74, 6) is -0.727. The van der Waals surface area contributed by atoms with Crippen molar-refractivity contribution in [2.24, 2.45) is 0 Å². The Morgan fingerprint density at radius 2 is 1.92 bits per heavy atom. The van der Waals surface area contributed by atoms with Crippen LogP contribution >= 0.6 is 23.2 Å². The molecule has 1 aromatic carbocycles. The van der Waals surface area contributed by atoms with Crippen molar-refractivity contribution >= 4 is 47.1 Å². The predicted molar refractivity (Wildman–Crippen MR) is 93.1 cm³/mol. The number of carbonyl (C=O) groups is 3. The number of imide groups is 2. The summed E-state index contributed by atoms with van der Waals surface area (Å²) in [6.07, 6.45) is 1.29. The van der Waals surface area contributed by atoms with Gasteiger partial charge in [0.15, 0.2) is 0 Å². The SMILES string of the molecule is CCN1C(=O)NC(=O)/C(=C/c2ccc(-c3cccc(Cl)c3Cl)o2)C1=O. The van der Waals surface area contributed by atoms with Crippen LogP contribution in [0.2, 0.25) is 10.0 Å². The number of barbiturate groups is 1. The van der Waals surface area contributed by atoms with Gasteiger partial charge in [-0.25, -0.2) is 4.79 Å². The molecule has 4 amide bonds. The van der Waals surface area contributed by atoms with Gasteiger partial charge in [0.25, 0.3) is 11.8 Å². The van der Waals surface area contributed by atoms with Crippen molar-refractivity contribution in [2.75, 3.05) is 6.54 Å². The smallest absolute Gasteiger partial charge is 0.331 e. The second-order valence-corrected chi connectivity index (χ2v) is 5.96. The van der Waals surface area contributed by atoms with Gasteiger partial charge in [-0.2, -0.15) is 0 Å². The Morgan fingerprint density at radius 3 is 2.64 bits per heavy atom. The highest BCUT2D eigenvalue weighted by molar-refractivity contribution is 6.43. The van der Waals surface area contributed by atoms with E-state index in [9.17, 15) is 14.4 Å². The molecule has 1 aliphatic heterocycles. The fourth-order valence-corrected chi connectivity index (χ4v) is 2.79. The van der Waals surface area contributed by atoms with E-state index in [4.69, 9.17) is 27.6 Å². The van der Waals surface area contributed by atoms with Crippen LogP contribution in [0.3, 0.4) is 0 Å². The zero-order valence-electron chi connectivity index (χ0n) is 13.0. The average Bonchev–Trinajstić information content (AvgIpc) is 3.03. The van der Waals surface area contributed by atoms with Crippen molar-refractivity contribution < 1.29 is 18.8 Å². The molecule has 128 valence electrons.